The number of fused-ring (bicyclic) bond motifs is 1. The maximum Gasteiger partial charge on any atom is 0.324 e. The van der Waals surface area contributed by atoms with Gasteiger partial charge in [0.1, 0.15) is 0 Å². The summed E-state index contributed by atoms with van der Waals surface area (Å²) >= 11 is 1.62. The molecule has 0 radical (unpaired) electrons. The van der Waals surface area contributed by atoms with Gasteiger partial charge >= 0.3 is 5.97 Å². The van der Waals surface area contributed by atoms with E-state index >= 15 is 0 Å². The molecule has 1 atom stereocenters. The fraction of sp³-hybridized carbons (Fsp3) is 0.462. The molecule has 2 rings (SSSR count). The lowest BCUT2D eigenvalue weighted by atomic mass is 10.0. The molecule has 19 heavy (non-hydrogen) atoms. The number of hydrogen-bond acceptors (Lipinski definition) is 4. The van der Waals surface area contributed by atoms with Crippen molar-refractivity contribution in [1.82, 2.24) is 0 Å². The predicted octanol–water partition coefficient (Wildman–Crippen LogP) is 2.15. The molecule has 0 aromatic heterocycles. The second-order valence-corrected chi connectivity index (χ2v) is 8.79. The minimum absolute atomic E-state index is 0.115. The molecule has 0 saturated carbocycles. The Bertz CT molecular complexity index is 605. The van der Waals surface area contributed by atoms with Gasteiger partial charge in [0.15, 0.2) is 14.6 Å². The van der Waals surface area contributed by atoms with Crippen LogP contribution >= 0.6 is 11.8 Å². The number of benzene rings is 1. The van der Waals surface area contributed by atoms with Gasteiger partial charge in [0.05, 0.1) is 5.75 Å². The van der Waals surface area contributed by atoms with Crippen molar-refractivity contribution in [3.63, 3.8) is 0 Å². The predicted molar refractivity (Wildman–Crippen MR) is 75.4 cm³/mol. The van der Waals surface area contributed by atoms with Crippen molar-refractivity contribution in [2.45, 2.75) is 29.4 Å². The highest BCUT2D eigenvalue weighted by atomic mass is 32.2. The average Bonchev–Trinajstić information content (AvgIpc) is 2.72. The summed E-state index contributed by atoms with van der Waals surface area (Å²) in [6.07, 6.45) is 0. The van der Waals surface area contributed by atoms with Crippen molar-refractivity contribution in [2.24, 2.45) is 0 Å². The molecular formula is C13H16O4S2. The third-order valence-corrected chi connectivity index (χ3v) is 7.33. The van der Waals surface area contributed by atoms with Crippen molar-refractivity contribution in [2.75, 3.05) is 11.5 Å². The molecule has 1 N–H and O–H groups in total. The Labute approximate surface area is 117 Å². The van der Waals surface area contributed by atoms with E-state index in [-0.39, 0.29) is 11.7 Å². The van der Waals surface area contributed by atoms with E-state index in [1.165, 1.54) is 13.8 Å². The molecule has 6 heteroatoms. The van der Waals surface area contributed by atoms with Crippen LogP contribution in [0.2, 0.25) is 0 Å². The Kier molecular flexibility index (Phi) is 3.66. The fourth-order valence-corrected chi connectivity index (χ4v) is 4.89. The second-order valence-electron chi connectivity index (χ2n) is 5.14. The Morgan fingerprint density at radius 3 is 2.68 bits per heavy atom. The molecule has 1 heterocycles. The van der Waals surface area contributed by atoms with Crippen LogP contribution in [0.25, 0.3) is 0 Å². The van der Waals surface area contributed by atoms with Gasteiger partial charge in [-0.1, -0.05) is 18.2 Å². The number of carboxylic acids is 1. The summed E-state index contributed by atoms with van der Waals surface area (Å²) in [6, 6.07) is 7.69. The van der Waals surface area contributed by atoms with Crippen LogP contribution in [-0.4, -0.2) is 35.7 Å². The van der Waals surface area contributed by atoms with Crippen LogP contribution < -0.4 is 0 Å². The Morgan fingerprint density at radius 1 is 1.42 bits per heavy atom. The van der Waals surface area contributed by atoms with Crippen LogP contribution in [0.15, 0.2) is 29.2 Å². The lowest BCUT2D eigenvalue weighted by Crippen LogP contribution is -2.43. The summed E-state index contributed by atoms with van der Waals surface area (Å²) in [5, 5.41) is 9.06. The van der Waals surface area contributed by atoms with Crippen LogP contribution in [0.3, 0.4) is 0 Å². The standard InChI is InChI=1S/C13H16O4S2/c1-13(2,12(14)15)19(16,17)8-9-7-18-11-6-4-3-5-10(9)11/h3-6,9H,7-8H2,1-2H3,(H,14,15). The Hall–Kier alpha value is -1.01. The average molecular weight is 300 g/mol. The zero-order chi connectivity index (χ0) is 14.3. The van der Waals surface area contributed by atoms with Gasteiger partial charge < -0.3 is 5.11 Å². The summed E-state index contributed by atoms with van der Waals surface area (Å²) in [5.41, 5.74) is 1.01. The van der Waals surface area contributed by atoms with Gasteiger partial charge in [-0.25, -0.2) is 8.42 Å². The van der Waals surface area contributed by atoms with Crippen LogP contribution in [0.4, 0.5) is 0 Å². The highest BCUT2D eigenvalue weighted by Gasteiger charge is 2.43. The first-order chi connectivity index (χ1) is 8.75. The van der Waals surface area contributed by atoms with Crippen molar-refractivity contribution in [3.8, 4) is 0 Å². The van der Waals surface area contributed by atoms with Gasteiger partial charge in [-0.05, 0) is 25.5 Å². The first-order valence-electron chi connectivity index (χ1n) is 5.93. The van der Waals surface area contributed by atoms with Crippen LogP contribution in [0.5, 0.6) is 0 Å². The Balaban J connectivity index is 2.27. The normalized spacial score (nSPS) is 19.2. The topological polar surface area (TPSA) is 71.4 Å². The molecule has 104 valence electrons. The van der Waals surface area contributed by atoms with Gasteiger partial charge in [-0.3, -0.25) is 4.79 Å². The van der Waals surface area contributed by atoms with E-state index in [1.807, 2.05) is 24.3 Å². The molecule has 1 aromatic rings. The van der Waals surface area contributed by atoms with E-state index in [4.69, 9.17) is 5.11 Å². The molecule has 1 aliphatic heterocycles. The molecule has 1 aromatic carbocycles. The largest absolute Gasteiger partial charge is 0.480 e. The quantitative estimate of drug-likeness (QED) is 0.922. The zero-order valence-electron chi connectivity index (χ0n) is 10.8. The highest BCUT2D eigenvalue weighted by molar-refractivity contribution is 7.99. The van der Waals surface area contributed by atoms with Crippen molar-refractivity contribution < 1.29 is 18.3 Å². The number of aliphatic carboxylic acids is 1. The minimum atomic E-state index is -3.70. The van der Waals surface area contributed by atoms with Crippen LogP contribution in [-0.2, 0) is 14.6 Å². The SMILES string of the molecule is CC(C)(C(=O)O)S(=O)(=O)CC1CSc2ccccc21. The molecule has 0 spiro atoms. The number of carboxylic acid groups (broad SMARTS) is 1. The van der Waals surface area contributed by atoms with Crippen molar-refractivity contribution >= 4 is 27.6 Å². The number of sulfone groups is 1. The maximum atomic E-state index is 12.3. The summed E-state index contributed by atoms with van der Waals surface area (Å²) in [6.45, 7) is 2.50. The van der Waals surface area contributed by atoms with Crippen LogP contribution in [0.1, 0.15) is 25.3 Å². The van der Waals surface area contributed by atoms with E-state index in [0.29, 0.717) is 5.75 Å². The maximum absolute atomic E-state index is 12.3. The van der Waals surface area contributed by atoms with Crippen LogP contribution in [0, 0.1) is 0 Å². The summed E-state index contributed by atoms with van der Waals surface area (Å²) in [5.74, 6) is -0.846. The van der Waals surface area contributed by atoms with Gasteiger partial charge in [-0.15, -0.1) is 11.8 Å². The molecular weight excluding hydrogens is 284 g/mol. The Morgan fingerprint density at radius 2 is 2.05 bits per heavy atom. The van der Waals surface area contributed by atoms with E-state index < -0.39 is 20.6 Å². The van der Waals surface area contributed by atoms with Gasteiger partial charge in [0, 0.05) is 16.6 Å². The molecule has 0 bridgehead atoms. The smallest absolute Gasteiger partial charge is 0.324 e. The summed E-state index contributed by atoms with van der Waals surface area (Å²) < 4.78 is 22.8. The van der Waals surface area contributed by atoms with Crippen molar-refractivity contribution in [3.05, 3.63) is 29.8 Å². The fourth-order valence-electron chi connectivity index (χ4n) is 1.97. The monoisotopic (exact) mass is 300 g/mol. The number of rotatable bonds is 4. The summed E-state index contributed by atoms with van der Waals surface area (Å²) in [7, 11) is -3.70. The molecule has 0 fully saturated rings. The third kappa shape index (κ3) is 2.51. The van der Waals surface area contributed by atoms with E-state index in [1.54, 1.807) is 11.8 Å². The van der Waals surface area contributed by atoms with E-state index in [9.17, 15) is 13.2 Å². The second kappa shape index (κ2) is 4.83. The highest BCUT2D eigenvalue weighted by Crippen LogP contribution is 2.40. The molecule has 0 saturated heterocycles. The third-order valence-electron chi connectivity index (χ3n) is 3.51. The first-order valence-corrected chi connectivity index (χ1v) is 8.57. The summed E-state index contributed by atoms with van der Waals surface area (Å²) in [4.78, 5) is 12.2. The van der Waals surface area contributed by atoms with E-state index in [2.05, 4.69) is 0 Å². The van der Waals surface area contributed by atoms with Crippen molar-refractivity contribution in [1.29, 1.82) is 0 Å². The molecule has 0 aliphatic carbocycles. The van der Waals surface area contributed by atoms with E-state index in [0.717, 1.165) is 10.5 Å². The molecule has 1 unspecified atom stereocenters. The van der Waals surface area contributed by atoms with Gasteiger partial charge in [-0.2, -0.15) is 0 Å². The minimum Gasteiger partial charge on any atom is -0.480 e. The first kappa shape index (κ1) is 14.4. The van der Waals surface area contributed by atoms with Gasteiger partial charge in [0.25, 0.3) is 0 Å². The zero-order valence-corrected chi connectivity index (χ0v) is 12.4. The molecule has 4 nitrogen and oxygen atoms in total. The molecule has 0 amide bonds. The number of hydrogen-bond donors (Lipinski definition) is 1. The molecule has 1 aliphatic rings. The lowest BCUT2D eigenvalue weighted by molar-refractivity contribution is -0.139. The van der Waals surface area contributed by atoms with Gasteiger partial charge in [0.2, 0.25) is 0 Å². The number of thioether (sulfide) groups is 1. The lowest BCUT2D eigenvalue weighted by Gasteiger charge is -2.22. The number of carbonyl (C=O) groups is 1.